The lowest BCUT2D eigenvalue weighted by Gasteiger charge is -2.29. The third kappa shape index (κ3) is 2.80. The van der Waals surface area contributed by atoms with Crippen molar-refractivity contribution in [2.45, 2.75) is 58.3 Å². The van der Waals surface area contributed by atoms with Crippen LogP contribution in [0.1, 0.15) is 50.0 Å². The summed E-state index contributed by atoms with van der Waals surface area (Å²) in [6.45, 7) is 10.1. The highest BCUT2D eigenvalue weighted by Crippen LogP contribution is 2.39. The number of benzene rings is 1. The van der Waals surface area contributed by atoms with Gasteiger partial charge in [-0.1, -0.05) is 6.07 Å². The summed E-state index contributed by atoms with van der Waals surface area (Å²) in [5, 5.41) is 12.6. The van der Waals surface area contributed by atoms with E-state index in [1.807, 2.05) is 13.0 Å². The van der Waals surface area contributed by atoms with Crippen LogP contribution in [0.25, 0.3) is 0 Å². The van der Waals surface area contributed by atoms with Crippen molar-refractivity contribution in [1.29, 1.82) is 0 Å². The molecule has 1 heterocycles. The molecule has 1 aromatic rings. The van der Waals surface area contributed by atoms with Gasteiger partial charge in [-0.05, 0) is 58.7 Å². The van der Waals surface area contributed by atoms with Crippen LogP contribution in [0.5, 0.6) is 0 Å². The molecule has 20 heavy (non-hydrogen) atoms. The Kier molecular flexibility index (Phi) is 3.54. The third-order valence-corrected chi connectivity index (χ3v) is 3.97. The fourth-order valence-corrected chi connectivity index (χ4v) is 3.00. The highest BCUT2D eigenvalue weighted by molar-refractivity contribution is 5.91. The number of nitrogens with one attached hydrogen (secondary N) is 1. The van der Waals surface area contributed by atoms with E-state index in [-0.39, 0.29) is 17.2 Å². The molecule has 0 spiro atoms. The van der Waals surface area contributed by atoms with Crippen molar-refractivity contribution in [2.24, 2.45) is 0 Å². The van der Waals surface area contributed by atoms with Gasteiger partial charge in [0.05, 0.1) is 22.8 Å². The molecule has 1 aliphatic heterocycles. The quantitative estimate of drug-likeness (QED) is 0.888. The molecule has 2 N–H and O–H groups in total. The average Bonchev–Trinajstić information content (AvgIpc) is 2.49. The topological polar surface area (TPSA) is 58.6 Å². The minimum atomic E-state index is -0.895. The van der Waals surface area contributed by atoms with E-state index >= 15 is 0 Å². The molecular formula is C16H23NO3. The second-order valence-electron chi connectivity index (χ2n) is 6.65. The SMILES string of the molecule is Cc1c(NC2CC(C)(C)OC2(C)C)cccc1C(=O)O. The predicted molar refractivity (Wildman–Crippen MR) is 79.4 cm³/mol. The third-order valence-electron chi connectivity index (χ3n) is 3.97. The van der Waals surface area contributed by atoms with Crippen LogP contribution in [0.4, 0.5) is 5.69 Å². The van der Waals surface area contributed by atoms with E-state index in [2.05, 4.69) is 33.0 Å². The summed E-state index contributed by atoms with van der Waals surface area (Å²) in [4.78, 5) is 11.2. The first kappa shape index (κ1) is 14.9. The van der Waals surface area contributed by atoms with Crippen LogP contribution >= 0.6 is 0 Å². The monoisotopic (exact) mass is 277 g/mol. The largest absolute Gasteiger partial charge is 0.478 e. The second kappa shape index (κ2) is 4.77. The summed E-state index contributed by atoms with van der Waals surface area (Å²) in [7, 11) is 0. The van der Waals surface area contributed by atoms with Crippen LogP contribution in [0.3, 0.4) is 0 Å². The van der Waals surface area contributed by atoms with Crippen molar-refractivity contribution in [3.8, 4) is 0 Å². The molecule has 0 amide bonds. The van der Waals surface area contributed by atoms with E-state index in [4.69, 9.17) is 4.74 Å². The van der Waals surface area contributed by atoms with E-state index in [1.165, 1.54) is 0 Å². The molecule has 4 heteroatoms. The van der Waals surface area contributed by atoms with Crippen molar-refractivity contribution in [2.75, 3.05) is 5.32 Å². The first-order valence-corrected chi connectivity index (χ1v) is 6.92. The van der Waals surface area contributed by atoms with Crippen LogP contribution in [0, 0.1) is 6.92 Å². The van der Waals surface area contributed by atoms with E-state index in [0.29, 0.717) is 5.56 Å². The molecule has 0 aromatic heterocycles. The summed E-state index contributed by atoms with van der Waals surface area (Å²) >= 11 is 0. The Hall–Kier alpha value is -1.55. The number of anilines is 1. The van der Waals surface area contributed by atoms with E-state index in [0.717, 1.165) is 17.7 Å². The standard InChI is InChI=1S/C16H23NO3/c1-10-11(14(18)19)7-6-8-12(10)17-13-9-15(2,3)20-16(13,4)5/h6-8,13,17H,9H2,1-5H3,(H,18,19). The van der Waals surface area contributed by atoms with Gasteiger partial charge in [-0.15, -0.1) is 0 Å². The maximum atomic E-state index is 11.2. The number of carbonyl (C=O) groups is 1. The predicted octanol–water partition coefficient (Wildman–Crippen LogP) is 3.45. The summed E-state index contributed by atoms with van der Waals surface area (Å²) in [6.07, 6.45) is 0.886. The molecule has 1 aliphatic rings. The minimum Gasteiger partial charge on any atom is -0.478 e. The Balaban J connectivity index is 2.27. The number of ether oxygens (including phenoxy) is 1. The van der Waals surface area contributed by atoms with Gasteiger partial charge in [0.15, 0.2) is 0 Å². The van der Waals surface area contributed by atoms with Gasteiger partial charge in [-0.2, -0.15) is 0 Å². The fraction of sp³-hybridized carbons (Fsp3) is 0.562. The lowest BCUT2D eigenvalue weighted by molar-refractivity contribution is -0.0662. The molecule has 0 radical (unpaired) electrons. The summed E-state index contributed by atoms with van der Waals surface area (Å²) < 4.78 is 6.06. The smallest absolute Gasteiger partial charge is 0.336 e. The Morgan fingerprint density at radius 2 is 2.00 bits per heavy atom. The molecule has 1 fully saturated rings. The van der Waals surface area contributed by atoms with Crippen LogP contribution < -0.4 is 5.32 Å². The molecule has 1 atom stereocenters. The Bertz CT molecular complexity index is 535. The van der Waals surface area contributed by atoms with Gasteiger partial charge in [-0.3, -0.25) is 0 Å². The molecule has 2 rings (SSSR count). The molecule has 110 valence electrons. The molecule has 0 aliphatic carbocycles. The first-order valence-electron chi connectivity index (χ1n) is 6.92. The zero-order valence-corrected chi connectivity index (χ0v) is 12.8. The minimum absolute atomic E-state index is 0.153. The molecule has 4 nitrogen and oxygen atoms in total. The first-order chi connectivity index (χ1) is 9.12. The van der Waals surface area contributed by atoms with Crippen molar-refractivity contribution >= 4 is 11.7 Å². The highest BCUT2D eigenvalue weighted by Gasteiger charge is 2.45. The summed E-state index contributed by atoms with van der Waals surface area (Å²) in [6, 6.07) is 5.47. The lowest BCUT2D eigenvalue weighted by atomic mass is 9.93. The molecule has 1 aromatic carbocycles. The summed E-state index contributed by atoms with van der Waals surface area (Å²) in [5.41, 5.74) is 1.52. The zero-order valence-electron chi connectivity index (χ0n) is 12.8. The van der Waals surface area contributed by atoms with Gasteiger partial charge in [0.25, 0.3) is 0 Å². The number of aromatic carboxylic acids is 1. The number of hydrogen-bond acceptors (Lipinski definition) is 3. The van der Waals surface area contributed by atoms with Crippen molar-refractivity contribution < 1.29 is 14.6 Å². The lowest BCUT2D eigenvalue weighted by Crippen LogP contribution is -2.38. The average molecular weight is 277 g/mol. The van der Waals surface area contributed by atoms with Gasteiger partial charge in [-0.25, -0.2) is 4.79 Å². The Labute approximate surface area is 120 Å². The molecule has 1 saturated heterocycles. The molecular weight excluding hydrogens is 254 g/mol. The van der Waals surface area contributed by atoms with E-state index in [9.17, 15) is 9.90 Å². The van der Waals surface area contributed by atoms with E-state index in [1.54, 1.807) is 12.1 Å². The van der Waals surface area contributed by atoms with Crippen LogP contribution in [-0.4, -0.2) is 28.3 Å². The normalized spacial score (nSPS) is 23.6. The molecule has 0 bridgehead atoms. The van der Waals surface area contributed by atoms with Crippen LogP contribution in [0.2, 0.25) is 0 Å². The van der Waals surface area contributed by atoms with E-state index < -0.39 is 5.97 Å². The second-order valence-corrected chi connectivity index (χ2v) is 6.65. The Morgan fingerprint density at radius 1 is 1.35 bits per heavy atom. The van der Waals surface area contributed by atoms with Crippen molar-refractivity contribution in [1.82, 2.24) is 0 Å². The number of carboxylic acids is 1. The summed E-state index contributed by atoms with van der Waals surface area (Å²) in [5.74, 6) is -0.895. The van der Waals surface area contributed by atoms with Crippen molar-refractivity contribution in [3.05, 3.63) is 29.3 Å². The molecule has 0 saturated carbocycles. The van der Waals surface area contributed by atoms with Crippen molar-refractivity contribution in [3.63, 3.8) is 0 Å². The van der Waals surface area contributed by atoms with Gasteiger partial charge in [0.1, 0.15) is 0 Å². The zero-order chi connectivity index (χ0) is 15.1. The van der Waals surface area contributed by atoms with Crippen LogP contribution in [-0.2, 0) is 4.74 Å². The van der Waals surface area contributed by atoms with Crippen LogP contribution in [0.15, 0.2) is 18.2 Å². The van der Waals surface area contributed by atoms with Gasteiger partial charge in [0, 0.05) is 5.69 Å². The molecule has 1 unspecified atom stereocenters. The fourth-order valence-electron chi connectivity index (χ4n) is 3.00. The van der Waals surface area contributed by atoms with Gasteiger partial charge < -0.3 is 15.2 Å². The maximum absolute atomic E-state index is 11.2. The van der Waals surface area contributed by atoms with Gasteiger partial charge >= 0.3 is 5.97 Å². The van der Waals surface area contributed by atoms with Gasteiger partial charge in [0.2, 0.25) is 0 Å². The number of hydrogen-bond donors (Lipinski definition) is 2. The number of rotatable bonds is 3. The highest BCUT2D eigenvalue weighted by atomic mass is 16.5. The number of carboxylic acid groups (broad SMARTS) is 1. The Morgan fingerprint density at radius 3 is 2.50 bits per heavy atom. The maximum Gasteiger partial charge on any atom is 0.336 e.